The van der Waals surface area contributed by atoms with Gasteiger partial charge < -0.3 is 9.57 Å². The summed E-state index contributed by atoms with van der Waals surface area (Å²) in [5, 5.41) is 3.51. The smallest absolute Gasteiger partial charge is 0.301 e. The van der Waals surface area contributed by atoms with Gasteiger partial charge in [0.15, 0.2) is 5.83 Å². The first-order valence-corrected chi connectivity index (χ1v) is 8.26. The van der Waals surface area contributed by atoms with E-state index >= 15 is 0 Å². The number of methoxy groups -OCH3 is 1. The molecule has 0 N–H and O–H groups in total. The molecular formula is C11H13F3N2O4S2. The van der Waals surface area contributed by atoms with Crippen LogP contribution in [0, 0.1) is 0 Å². The fourth-order valence-corrected chi connectivity index (χ4v) is 3.88. The Labute approximate surface area is 129 Å². The Kier molecular flexibility index (Phi) is 6.97. The van der Waals surface area contributed by atoms with Crippen molar-refractivity contribution in [1.82, 2.24) is 4.98 Å². The molecule has 1 heterocycles. The van der Waals surface area contributed by atoms with E-state index in [2.05, 4.69) is 15.0 Å². The van der Waals surface area contributed by atoms with Crippen molar-refractivity contribution in [3.05, 3.63) is 22.5 Å². The number of hydrogen-bond donors (Lipinski definition) is 0. The molecule has 0 amide bonds. The quantitative estimate of drug-likeness (QED) is 0.527. The number of hydrogen-bond acceptors (Lipinski definition) is 7. The number of halogens is 3. The summed E-state index contributed by atoms with van der Waals surface area (Å²) in [6.45, 7) is 0.0322. The van der Waals surface area contributed by atoms with Crippen molar-refractivity contribution in [3.8, 4) is 0 Å². The zero-order valence-corrected chi connectivity index (χ0v) is 13.3. The molecule has 1 rings (SSSR count). The fourth-order valence-electron chi connectivity index (χ4n) is 1.32. The molecule has 0 saturated heterocycles. The third-order valence-corrected chi connectivity index (χ3v) is 5.53. The second kappa shape index (κ2) is 8.25. The molecule has 0 atom stereocenters. The van der Waals surface area contributed by atoms with Gasteiger partial charge in [0.2, 0.25) is 14.2 Å². The summed E-state index contributed by atoms with van der Waals surface area (Å²) < 4.78 is 65.2. The van der Waals surface area contributed by atoms with Gasteiger partial charge in [0.05, 0.1) is 29.1 Å². The minimum atomic E-state index is -3.99. The first-order valence-electron chi connectivity index (χ1n) is 5.79. The van der Waals surface area contributed by atoms with E-state index in [4.69, 9.17) is 4.74 Å². The van der Waals surface area contributed by atoms with Crippen LogP contribution in [-0.2, 0) is 26.0 Å². The van der Waals surface area contributed by atoms with Crippen molar-refractivity contribution in [3.63, 3.8) is 0 Å². The average molecular weight is 358 g/mol. The van der Waals surface area contributed by atoms with Crippen molar-refractivity contribution in [2.24, 2.45) is 5.16 Å². The van der Waals surface area contributed by atoms with E-state index in [9.17, 15) is 21.6 Å². The second-order valence-corrected chi connectivity index (χ2v) is 7.19. The minimum Gasteiger partial charge on any atom is -0.399 e. The van der Waals surface area contributed by atoms with Gasteiger partial charge in [-0.1, -0.05) is 5.16 Å². The Morgan fingerprint density at radius 2 is 2.05 bits per heavy atom. The van der Waals surface area contributed by atoms with Gasteiger partial charge in [0.25, 0.3) is 0 Å². The van der Waals surface area contributed by atoms with E-state index < -0.39 is 33.9 Å². The lowest BCUT2D eigenvalue weighted by Gasteiger charge is -1.98. The SMILES string of the molecule is COCc1nc(S(=O)(=O)CCC(F)=C(F)F)sc1C=NOC. The molecule has 0 aliphatic rings. The number of oxime groups is 1. The Morgan fingerprint density at radius 1 is 1.36 bits per heavy atom. The van der Waals surface area contributed by atoms with Crippen molar-refractivity contribution < 1.29 is 31.2 Å². The van der Waals surface area contributed by atoms with Crippen LogP contribution in [0.3, 0.4) is 0 Å². The predicted molar refractivity (Wildman–Crippen MR) is 74.4 cm³/mol. The van der Waals surface area contributed by atoms with Crippen LogP contribution in [0.2, 0.25) is 0 Å². The monoisotopic (exact) mass is 358 g/mol. The van der Waals surface area contributed by atoms with Crippen LogP contribution < -0.4 is 0 Å². The minimum absolute atomic E-state index is 0.0322. The summed E-state index contributed by atoms with van der Waals surface area (Å²) in [5.41, 5.74) is 0.305. The Bertz CT molecular complexity index is 667. The van der Waals surface area contributed by atoms with Crippen molar-refractivity contribution >= 4 is 27.4 Å². The molecule has 0 unspecified atom stereocenters. The standard InChI is InChI=1S/C11H13F3N2O4S2/c1-19-6-8-9(5-15-20-2)21-11(16-8)22(17,18)4-3-7(12)10(13)14/h5H,3-4,6H2,1-2H3. The molecule has 0 saturated carbocycles. The van der Waals surface area contributed by atoms with Gasteiger partial charge in [0, 0.05) is 13.5 Å². The molecule has 22 heavy (non-hydrogen) atoms. The number of rotatable bonds is 8. The molecule has 0 radical (unpaired) electrons. The summed E-state index contributed by atoms with van der Waals surface area (Å²) in [6, 6.07) is 0. The maximum atomic E-state index is 12.7. The molecule has 1 aromatic heterocycles. The largest absolute Gasteiger partial charge is 0.399 e. The van der Waals surface area contributed by atoms with Crippen molar-refractivity contribution in [1.29, 1.82) is 0 Å². The van der Waals surface area contributed by atoms with Crippen LogP contribution in [0.15, 0.2) is 21.4 Å². The highest BCUT2D eigenvalue weighted by molar-refractivity contribution is 7.93. The van der Waals surface area contributed by atoms with E-state index in [1.165, 1.54) is 20.4 Å². The fraction of sp³-hybridized carbons (Fsp3) is 0.455. The molecule has 124 valence electrons. The Hall–Kier alpha value is -1.46. The van der Waals surface area contributed by atoms with Crippen LogP contribution in [0.1, 0.15) is 17.0 Å². The summed E-state index contributed by atoms with van der Waals surface area (Å²) in [7, 11) is -1.28. The third-order valence-electron chi connectivity index (χ3n) is 2.33. The summed E-state index contributed by atoms with van der Waals surface area (Å²) in [4.78, 5) is 8.76. The van der Waals surface area contributed by atoms with Gasteiger partial charge in [-0.15, -0.1) is 11.3 Å². The number of nitrogens with zero attached hydrogens (tertiary/aromatic N) is 2. The molecule has 6 nitrogen and oxygen atoms in total. The topological polar surface area (TPSA) is 77.9 Å². The molecule has 0 spiro atoms. The predicted octanol–water partition coefficient (Wildman–Crippen LogP) is 2.51. The highest BCUT2D eigenvalue weighted by Gasteiger charge is 2.23. The lowest BCUT2D eigenvalue weighted by Crippen LogP contribution is -2.07. The zero-order valence-electron chi connectivity index (χ0n) is 11.7. The number of sulfone groups is 1. The first kappa shape index (κ1) is 18.6. The van der Waals surface area contributed by atoms with Crippen LogP contribution in [-0.4, -0.2) is 39.6 Å². The van der Waals surface area contributed by atoms with Gasteiger partial charge in [-0.05, 0) is 0 Å². The summed E-state index contributed by atoms with van der Waals surface area (Å²) in [6.07, 6.45) is -2.18. The molecule has 11 heteroatoms. The number of allylic oxidation sites excluding steroid dienone is 1. The lowest BCUT2D eigenvalue weighted by molar-refractivity contribution is 0.181. The van der Waals surface area contributed by atoms with E-state index in [1.807, 2.05) is 0 Å². The Balaban J connectivity index is 3.04. The summed E-state index contributed by atoms with van der Waals surface area (Å²) in [5.74, 6) is -2.56. The van der Waals surface area contributed by atoms with Crippen LogP contribution >= 0.6 is 11.3 Å². The number of thiazole rings is 1. The Morgan fingerprint density at radius 3 is 2.59 bits per heavy atom. The normalized spacial score (nSPS) is 11.9. The third kappa shape index (κ3) is 5.07. The molecule has 0 aromatic carbocycles. The maximum absolute atomic E-state index is 12.7. The van der Waals surface area contributed by atoms with Gasteiger partial charge in [-0.2, -0.15) is 8.78 Å². The highest BCUT2D eigenvalue weighted by Crippen LogP contribution is 2.25. The lowest BCUT2D eigenvalue weighted by atomic mass is 10.4. The van der Waals surface area contributed by atoms with Crippen molar-refractivity contribution in [2.45, 2.75) is 17.4 Å². The average Bonchev–Trinajstić information content (AvgIpc) is 2.87. The van der Waals surface area contributed by atoms with Crippen LogP contribution in [0.25, 0.3) is 0 Å². The molecule has 0 aliphatic heterocycles. The number of aromatic nitrogens is 1. The summed E-state index contributed by atoms with van der Waals surface area (Å²) >= 11 is 0.772. The molecule has 0 aliphatic carbocycles. The maximum Gasteiger partial charge on any atom is 0.301 e. The number of ether oxygens (including phenoxy) is 1. The van der Waals surface area contributed by atoms with Crippen LogP contribution in [0.4, 0.5) is 13.2 Å². The van der Waals surface area contributed by atoms with E-state index in [0.717, 1.165) is 11.3 Å². The van der Waals surface area contributed by atoms with Crippen LogP contribution in [0.5, 0.6) is 0 Å². The van der Waals surface area contributed by atoms with Gasteiger partial charge in [-0.25, -0.2) is 17.8 Å². The first-order chi connectivity index (χ1) is 10.3. The van der Waals surface area contributed by atoms with E-state index in [1.54, 1.807) is 0 Å². The van der Waals surface area contributed by atoms with Crippen molar-refractivity contribution in [2.75, 3.05) is 20.0 Å². The molecular weight excluding hydrogens is 345 g/mol. The molecule has 0 fully saturated rings. The molecule has 1 aromatic rings. The molecule has 0 bridgehead atoms. The van der Waals surface area contributed by atoms with Gasteiger partial charge in [-0.3, -0.25) is 0 Å². The second-order valence-electron chi connectivity index (χ2n) is 3.87. The van der Waals surface area contributed by atoms with Gasteiger partial charge >= 0.3 is 6.08 Å². The zero-order chi connectivity index (χ0) is 16.8. The van der Waals surface area contributed by atoms with Gasteiger partial charge in [0.1, 0.15) is 7.11 Å². The van der Waals surface area contributed by atoms with E-state index in [-0.39, 0.29) is 10.9 Å². The van der Waals surface area contributed by atoms with E-state index in [0.29, 0.717) is 10.6 Å². The highest BCUT2D eigenvalue weighted by atomic mass is 32.2.